The van der Waals surface area contributed by atoms with Crippen LogP contribution in [0.15, 0.2) is 85.2 Å². The largest absolute Gasteiger partial charge is 0.465 e. The molecular weight excluding hydrogens is 418 g/mol. The molecule has 1 aliphatic heterocycles. The van der Waals surface area contributed by atoms with Gasteiger partial charge in [0.25, 0.3) is 5.91 Å². The predicted molar refractivity (Wildman–Crippen MR) is 126 cm³/mol. The van der Waals surface area contributed by atoms with Crippen molar-refractivity contribution in [1.82, 2.24) is 4.98 Å². The second-order valence-electron chi connectivity index (χ2n) is 7.36. The second-order valence-corrected chi connectivity index (χ2v) is 7.36. The highest BCUT2D eigenvalue weighted by Gasteiger charge is 2.26. The van der Waals surface area contributed by atoms with E-state index in [1.807, 2.05) is 48.5 Å². The lowest BCUT2D eigenvalue weighted by Gasteiger charge is -2.08. The number of ether oxygens (including phenoxy) is 2. The van der Waals surface area contributed by atoms with Gasteiger partial charge in [-0.25, -0.2) is 4.79 Å². The Hall–Kier alpha value is -4.65. The number of nitrogens with one attached hydrogen (secondary N) is 2. The molecule has 1 aliphatic rings. The Morgan fingerprint density at radius 2 is 1.70 bits per heavy atom. The van der Waals surface area contributed by atoms with E-state index in [2.05, 4.69) is 15.6 Å². The Morgan fingerprint density at radius 1 is 0.970 bits per heavy atom. The summed E-state index contributed by atoms with van der Waals surface area (Å²) < 4.78 is 10.5. The summed E-state index contributed by atoms with van der Waals surface area (Å²) in [5, 5.41) is 7.01. The number of pyridine rings is 1. The zero-order valence-electron chi connectivity index (χ0n) is 17.7. The maximum absolute atomic E-state index is 12.6. The molecule has 7 heteroatoms. The Balaban J connectivity index is 1.32. The van der Waals surface area contributed by atoms with E-state index in [1.54, 1.807) is 36.7 Å². The number of carbonyl (C=O) groups excluding carboxylic acids is 2. The monoisotopic (exact) mass is 437 g/mol. The third-order valence-corrected chi connectivity index (χ3v) is 5.30. The average Bonchev–Trinajstić information content (AvgIpc) is 3.19. The lowest BCUT2D eigenvalue weighted by molar-refractivity contribution is -0.110. The van der Waals surface area contributed by atoms with Crippen LogP contribution >= 0.6 is 0 Å². The molecule has 0 spiro atoms. The van der Waals surface area contributed by atoms with Crippen molar-refractivity contribution in [2.45, 2.75) is 0 Å². The Bertz CT molecular complexity index is 1390. The number of amides is 1. The fourth-order valence-electron chi connectivity index (χ4n) is 3.68. The number of hydrogen-bond acceptors (Lipinski definition) is 6. The highest BCUT2D eigenvalue weighted by atomic mass is 16.5. The molecule has 0 fully saturated rings. The number of anilines is 2. The molecule has 0 aliphatic carbocycles. The quantitative estimate of drug-likeness (QED) is 0.329. The lowest BCUT2D eigenvalue weighted by atomic mass is 10.0. The zero-order valence-corrected chi connectivity index (χ0v) is 17.7. The van der Waals surface area contributed by atoms with Gasteiger partial charge in [0.2, 0.25) is 0 Å². The summed E-state index contributed by atoms with van der Waals surface area (Å²) in [7, 11) is 1.34. The topological polar surface area (TPSA) is 89.5 Å². The Labute approximate surface area is 189 Å². The van der Waals surface area contributed by atoms with Gasteiger partial charge < -0.3 is 20.1 Å². The fraction of sp³-hybridized carbons (Fsp3) is 0.0385. The van der Waals surface area contributed by atoms with Crippen molar-refractivity contribution < 1.29 is 19.1 Å². The normalized spacial score (nSPS) is 13.5. The number of hydrogen-bond donors (Lipinski definition) is 2. The maximum Gasteiger partial charge on any atom is 0.337 e. The summed E-state index contributed by atoms with van der Waals surface area (Å²) >= 11 is 0. The van der Waals surface area contributed by atoms with Gasteiger partial charge in [0.15, 0.2) is 0 Å². The van der Waals surface area contributed by atoms with E-state index in [0.29, 0.717) is 22.6 Å². The van der Waals surface area contributed by atoms with Crippen molar-refractivity contribution >= 4 is 39.7 Å². The highest BCUT2D eigenvalue weighted by Crippen LogP contribution is 2.37. The van der Waals surface area contributed by atoms with Gasteiger partial charge in [0, 0.05) is 34.7 Å². The summed E-state index contributed by atoms with van der Waals surface area (Å²) in [5.41, 5.74) is 4.26. The number of fused-ring (bicyclic) bond motifs is 3. The number of rotatable bonds is 5. The molecule has 0 saturated carbocycles. The molecule has 0 bridgehead atoms. The minimum atomic E-state index is -0.395. The van der Waals surface area contributed by atoms with Gasteiger partial charge in [-0.3, -0.25) is 9.78 Å². The molecule has 0 unspecified atom stereocenters. The van der Waals surface area contributed by atoms with E-state index in [4.69, 9.17) is 9.47 Å². The lowest BCUT2D eigenvalue weighted by Crippen LogP contribution is -2.05. The summed E-state index contributed by atoms with van der Waals surface area (Å²) in [6, 6.07) is 21.6. The summed E-state index contributed by atoms with van der Waals surface area (Å²) in [6.07, 6.45) is 3.44. The summed E-state index contributed by atoms with van der Waals surface area (Å²) in [4.78, 5) is 28.5. The molecule has 0 saturated heterocycles. The first-order valence-electron chi connectivity index (χ1n) is 10.2. The van der Waals surface area contributed by atoms with Crippen LogP contribution in [0.4, 0.5) is 11.4 Å². The van der Waals surface area contributed by atoms with Crippen molar-refractivity contribution in [3.05, 3.63) is 96.3 Å². The van der Waals surface area contributed by atoms with Crippen LogP contribution in [0.2, 0.25) is 0 Å². The molecule has 1 aromatic heterocycles. The van der Waals surface area contributed by atoms with E-state index in [-0.39, 0.29) is 5.91 Å². The van der Waals surface area contributed by atoms with E-state index in [9.17, 15) is 9.59 Å². The van der Waals surface area contributed by atoms with Crippen molar-refractivity contribution in [2.24, 2.45) is 0 Å². The Kier molecular flexibility index (Phi) is 5.20. The van der Waals surface area contributed by atoms with E-state index in [1.165, 1.54) is 7.11 Å². The number of carbonyl (C=O) groups is 2. The van der Waals surface area contributed by atoms with E-state index >= 15 is 0 Å². The number of methoxy groups -OCH3 is 1. The molecule has 1 amide bonds. The van der Waals surface area contributed by atoms with Crippen LogP contribution in [0.1, 0.15) is 15.9 Å². The van der Waals surface area contributed by atoms with Crippen LogP contribution in [0.25, 0.3) is 16.5 Å². The fourth-order valence-corrected chi connectivity index (χ4v) is 3.68. The highest BCUT2D eigenvalue weighted by molar-refractivity contribution is 6.34. The van der Waals surface area contributed by atoms with Crippen LogP contribution in [0, 0.1) is 0 Å². The standard InChI is InChI=1S/C26H19N3O4/c1-32-26(31)16-4-8-18(9-5-16)33-19-10-6-17(7-11-19)28-15-21-24-20-3-2-14-27-22(20)12-13-23(24)29-25(21)30/h2-15,28H,1H3,(H,29,30)/b21-15-. The van der Waals surface area contributed by atoms with E-state index in [0.717, 1.165) is 27.8 Å². The summed E-state index contributed by atoms with van der Waals surface area (Å²) in [5.74, 6) is 0.684. The van der Waals surface area contributed by atoms with Gasteiger partial charge in [-0.1, -0.05) is 6.07 Å². The molecule has 2 N–H and O–H groups in total. The number of nitrogens with zero attached hydrogens (tertiary/aromatic N) is 1. The minimum Gasteiger partial charge on any atom is -0.465 e. The molecule has 0 atom stereocenters. The molecule has 4 aromatic rings. The first-order valence-corrected chi connectivity index (χ1v) is 10.2. The van der Waals surface area contributed by atoms with Gasteiger partial charge in [0.1, 0.15) is 11.5 Å². The molecule has 33 heavy (non-hydrogen) atoms. The van der Waals surface area contributed by atoms with Crippen LogP contribution in [0.3, 0.4) is 0 Å². The van der Waals surface area contributed by atoms with Gasteiger partial charge in [-0.05, 0) is 66.7 Å². The van der Waals surface area contributed by atoms with Gasteiger partial charge in [-0.2, -0.15) is 0 Å². The van der Waals surface area contributed by atoms with Crippen molar-refractivity contribution in [3.63, 3.8) is 0 Å². The predicted octanol–water partition coefficient (Wildman–Crippen LogP) is 5.22. The van der Waals surface area contributed by atoms with Crippen LogP contribution in [0.5, 0.6) is 11.5 Å². The molecule has 162 valence electrons. The van der Waals surface area contributed by atoms with E-state index < -0.39 is 5.97 Å². The molecule has 3 aromatic carbocycles. The molecule has 7 nitrogen and oxygen atoms in total. The second kappa shape index (κ2) is 8.47. The molecule has 0 radical (unpaired) electrons. The number of esters is 1. The van der Waals surface area contributed by atoms with Crippen LogP contribution in [-0.2, 0) is 9.53 Å². The SMILES string of the molecule is COC(=O)c1ccc(Oc2ccc(N/C=C3\C(=O)Nc4ccc5ncccc5c43)cc2)cc1. The van der Waals surface area contributed by atoms with Crippen molar-refractivity contribution in [3.8, 4) is 11.5 Å². The maximum atomic E-state index is 12.6. The minimum absolute atomic E-state index is 0.163. The number of aromatic nitrogens is 1. The Morgan fingerprint density at radius 3 is 2.42 bits per heavy atom. The van der Waals surface area contributed by atoms with Gasteiger partial charge in [-0.15, -0.1) is 0 Å². The molecular formula is C26H19N3O4. The van der Waals surface area contributed by atoms with Crippen LogP contribution < -0.4 is 15.4 Å². The van der Waals surface area contributed by atoms with Crippen molar-refractivity contribution in [1.29, 1.82) is 0 Å². The van der Waals surface area contributed by atoms with Gasteiger partial charge in [0.05, 0.1) is 23.8 Å². The smallest absolute Gasteiger partial charge is 0.337 e. The first kappa shape index (κ1) is 20.3. The zero-order chi connectivity index (χ0) is 22.8. The van der Waals surface area contributed by atoms with Crippen molar-refractivity contribution in [2.75, 3.05) is 17.7 Å². The first-order chi connectivity index (χ1) is 16.1. The summed E-state index contributed by atoms with van der Waals surface area (Å²) in [6.45, 7) is 0. The molecule has 5 rings (SSSR count). The molecule has 2 heterocycles. The number of benzene rings is 3. The third-order valence-electron chi connectivity index (χ3n) is 5.30. The third kappa shape index (κ3) is 3.99. The van der Waals surface area contributed by atoms with Gasteiger partial charge >= 0.3 is 5.97 Å². The van der Waals surface area contributed by atoms with Crippen LogP contribution in [-0.4, -0.2) is 24.0 Å². The average molecular weight is 437 g/mol.